The Hall–Kier alpha value is -5.65. The number of thiophene rings is 1. The minimum absolute atomic E-state index is 0.0214. The van der Waals surface area contributed by atoms with Gasteiger partial charge in [-0.3, -0.25) is 14.4 Å². The van der Waals surface area contributed by atoms with Gasteiger partial charge in [-0.2, -0.15) is 0 Å². The van der Waals surface area contributed by atoms with Gasteiger partial charge in [-0.05, 0) is 68.3 Å². The summed E-state index contributed by atoms with van der Waals surface area (Å²) in [5.74, 6) is -1.18. The first-order valence-corrected chi connectivity index (χ1v) is 18.6. The second-order valence-corrected chi connectivity index (χ2v) is 13.4. The van der Waals surface area contributed by atoms with E-state index in [4.69, 9.17) is 9.47 Å². The highest BCUT2D eigenvalue weighted by molar-refractivity contribution is 8.00. The Kier molecular flexibility index (Phi) is 13.4. The van der Waals surface area contributed by atoms with Crippen molar-refractivity contribution in [2.45, 2.75) is 37.3 Å². The second kappa shape index (κ2) is 18.5. The Morgan fingerprint density at radius 3 is 2.23 bits per heavy atom. The van der Waals surface area contributed by atoms with Gasteiger partial charge in [0.1, 0.15) is 22.0 Å². The molecular weight excluding hydrogens is 695 g/mol. The van der Waals surface area contributed by atoms with Gasteiger partial charge in [0, 0.05) is 32.7 Å². The smallest absolute Gasteiger partial charge is 0.341 e. The molecule has 0 fully saturated rings. The molecule has 0 radical (unpaired) electrons. The lowest BCUT2D eigenvalue weighted by atomic mass is 10.0. The van der Waals surface area contributed by atoms with Crippen molar-refractivity contribution in [1.82, 2.24) is 5.32 Å². The first-order chi connectivity index (χ1) is 25.3. The quantitative estimate of drug-likeness (QED) is 0.0558. The lowest BCUT2D eigenvalue weighted by molar-refractivity contribution is -0.116. The molecule has 3 N–H and O–H groups in total. The third kappa shape index (κ3) is 9.77. The SMILES string of the molecule is CCOC(=O)c1c(-c2ccccc2)csc1NC(=O)C(CC)Sc1cccc(NC(=O)/C(=C\c2ccccc2OCC)NC(=O)c2ccccc2)c1. The Morgan fingerprint density at radius 1 is 0.808 bits per heavy atom. The number of esters is 1. The van der Waals surface area contributed by atoms with Crippen LogP contribution < -0.4 is 20.7 Å². The van der Waals surface area contributed by atoms with Crippen LogP contribution in [0.15, 0.2) is 125 Å². The van der Waals surface area contributed by atoms with Gasteiger partial charge in [0.2, 0.25) is 5.91 Å². The Balaban J connectivity index is 1.34. The van der Waals surface area contributed by atoms with Gasteiger partial charge in [0.15, 0.2) is 0 Å². The Bertz CT molecular complexity index is 2050. The third-order valence-corrected chi connectivity index (χ3v) is 9.93. The summed E-state index contributed by atoms with van der Waals surface area (Å²) in [4.78, 5) is 54.3. The molecule has 5 rings (SSSR count). The maximum atomic E-state index is 13.7. The fourth-order valence-electron chi connectivity index (χ4n) is 5.20. The monoisotopic (exact) mass is 733 g/mol. The number of thioether (sulfide) groups is 1. The average molecular weight is 734 g/mol. The van der Waals surface area contributed by atoms with E-state index in [1.54, 1.807) is 73.7 Å². The van der Waals surface area contributed by atoms with Crippen molar-refractivity contribution in [2.24, 2.45) is 0 Å². The van der Waals surface area contributed by atoms with Crippen molar-refractivity contribution in [1.29, 1.82) is 0 Å². The molecule has 1 aromatic heterocycles. The predicted octanol–water partition coefficient (Wildman–Crippen LogP) is 8.91. The summed E-state index contributed by atoms with van der Waals surface area (Å²) in [7, 11) is 0. The van der Waals surface area contributed by atoms with E-state index in [-0.39, 0.29) is 18.2 Å². The van der Waals surface area contributed by atoms with Crippen LogP contribution in [0.1, 0.15) is 53.5 Å². The van der Waals surface area contributed by atoms with Gasteiger partial charge in [-0.1, -0.05) is 79.7 Å². The third-order valence-electron chi connectivity index (χ3n) is 7.67. The number of carbonyl (C=O) groups is 4. The van der Waals surface area contributed by atoms with Crippen molar-refractivity contribution < 1.29 is 28.7 Å². The largest absolute Gasteiger partial charge is 0.493 e. The fraction of sp³-hybridized carbons (Fsp3) is 0.171. The molecule has 0 aliphatic rings. The molecule has 4 aromatic carbocycles. The first kappa shape index (κ1) is 37.6. The molecular formula is C41H39N3O6S2. The van der Waals surface area contributed by atoms with Gasteiger partial charge in [-0.15, -0.1) is 23.1 Å². The topological polar surface area (TPSA) is 123 Å². The summed E-state index contributed by atoms with van der Waals surface area (Å²) in [6, 6.07) is 32.5. The van der Waals surface area contributed by atoms with Crippen LogP contribution in [0.3, 0.4) is 0 Å². The molecule has 1 unspecified atom stereocenters. The van der Waals surface area contributed by atoms with Crippen LogP contribution in [0, 0.1) is 0 Å². The number of nitrogens with one attached hydrogen (secondary N) is 3. The molecule has 3 amide bonds. The van der Waals surface area contributed by atoms with Crippen LogP contribution in [0.2, 0.25) is 0 Å². The van der Waals surface area contributed by atoms with Gasteiger partial charge in [0.25, 0.3) is 11.8 Å². The molecule has 11 heteroatoms. The molecule has 266 valence electrons. The molecule has 52 heavy (non-hydrogen) atoms. The maximum absolute atomic E-state index is 13.7. The fourth-order valence-corrected chi connectivity index (χ4v) is 7.17. The maximum Gasteiger partial charge on any atom is 0.341 e. The average Bonchev–Trinajstić information content (AvgIpc) is 3.58. The highest BCUT2D eigenvalue weighted by Gasteiger charge is 2.26. The second-order valence-electron chi connectivity index (χ2n) is 11.3. The molecule has 9 nitrogen and oxygen atoms in total. The highest BCUT2D eigenvalue weighted by Crippen LogP contribution is 2.37. The number of rotatable bonds is 15. The van der Waals surface area contributed by atoms with Crippen LogP contribution in [-0.2, 0) is 14.3 Å². The molecule has 0 saturated carbocycles. The summed E-state index contributed by atoms with van der Waals surface area (Å²) in [5, 5.41) is 10.4. The molecule has 0 aliphatic carbocycles. The van der Waals surface area contributed by atoms with E-state index >= 15 is 0 Å². The zero-order valence-electron chi connectivity index (χ0n) is 29.0. The van der Waals surface area contributed by atoms with E-state index < -0.39 is 23.0 Å². The normalized spacial score (nSPS) is 11.6. The number of ether oxygens (including phenoxy) is 2. The lowest BCUT2D eigenvalue weighted by Gasteiger charge is -2.16. The molecule has 0 spiro atoms. The van der Waals surface area contributed by atoms with E-state index in [0.717, 1.165) is 10.5 Å². The zero-order chi connectivity index (χ0) is 36.9. The van der Waals surface area contributed by atoms with Crippen molar-refractivity contribution in [3.8, 4) is 16.9 Å². The number of amides is 3. The minimum atomic E-state index is -0.541. The van der Waals surface area contributed by atoms with E-state index in [9.17, 15) is 19.2 Å². The molecule has 1 atom stereocenters. The number of anilines is 2. The Labute approximate surface area is 311 Å². The highest BCUT2D eigenvalue weighted by atomic mass is 32.2. The first-order valence-electron chi connectivity index (χ1n) is 16.8. The number of hydrogen-bond donors (Lipinski definition) is 3. The van der Waals surface area contributed by atoms with Crippen LogP contribution in [0.25, 0.3) is 17.2 Å². The zero-order valence-corrected chi connectivity index (χ0v) is 30.6. The predicted molar refractivity (Wildman–Crippen MR) is 209 cm³/mol. The van der Waals surface area contributed by atoms with Crippen LogP contribution in [0.4, 0.5) is 10.7 Å². The van der Waals surface area contributed by atoms with Crippen molar-refractivity contribution in [3.05, 3.63) is 137 Å². The van der Waals surface area contributed by atoms with Crippen LogP contribution in [0.5, 0.6) is 5.75 Å². The summed E-state index contributed by atoms with van der Waals surface area (Å²) >= 11 is 2.61. The number of hydrogen-bond acceptors (Lipinski definition) is 8. The summed E-state index contributed by atoms with van der Waals surface area (Å²) in [6.45, 7) is 6.15. The lowest BCUT2D eigenvalue weighted by Crippen LogP contribution is -2.30. The Morgan fingerprint density at radius 2 is 1.52 bits per heavy atom. The molecule has 0 bridgehead atoms. The standard InChI is InChI=1S/C41H39N3O6S2/c1-4-35(39(47)44-40-36(41(48)50-6-3)32(26-51-40)27-16-9-7-10-17-27)52-31-22-15-21-30(25-31)42-38(46)33(43-37(45)28-18-11-8-12-19-28)24-29-20-13-14-23-34(29)49-5-2/h7-26,35H,4-6H2,1-3H3,(H,42,46)(H,43,45)(H,44,47)/b33-24+. The van der Waals surface area contributed by atoms with Crippen molar-refractivity contribution in [3.63, 3.8) is 0 Å². The number of benzene rings is 4. The van der Waals surface area contributed by atoms with E-state index in [0.29, 0.717) is 51.7 Å². The number of para-hydroxylation sites is 1. The number of carbonyl (C=O) groups excluding carboxylic acids is 4. The van der Waals surface area contributed by atoms with Crippen molar-refractivity contribution >= 4 is 63.6 Å². The molecule has 5 aromatic rings. The van der Waals surface area contributed by atoms with E-state index in [1.807, 2.05) is 67.8 Å². The van der Waals surface area contributed by atoms with Crippen molar-refractivity contribution in [2.75, 3.05) is 23.8 Å². The summed E-state index contributed by atoms with van der Waals surface area (Å²) in [5.41, 5.74) is 3.37. The molecule has 0 aliphatic heterocycles. The minimum Gasteiger partial charge on any atom is -0.493 e. The van der Waals surface area contributed by atoms with Crippen LogP contribution >= 0.6 is 23.1 Å². The van der Waals surface area contributed by atoms with Gasteiger partial charge in [0.05, 0.1) is 18.5 Å². The van der Waals surface area contributed by atoms with E-state index in [2.05, 4.69) is 16.0 Å². The summed E-state index contributed by atoms with van der Waals surface area (Å²) < 4.78 is 11.1. The van der Waals surface area contributed by atoms with Gasteiger partial charge < -0.3 is 25.4 Å². The van der Waals surface area contributed by atoms with Gasteiger partial charge in [-0.25, -0.2) is 4.79 Å². The van der Waals surface area contributed by atoms with E-state index in [1.165, 1.54) is 23.1 Å². The summed E-state index contributed by atoms with van der Waals surface area (Å²) in [6.07, 6.45) is 2.08. The molecule has 0 saturated heterocycles. The van der Waals surface area contributed by atoms with Gasteiger partial charge >= 0.3 is 5.97 Å². The van der Waals surface area contributed by atoms with Crippen LogP contribution in [-0.4, -0.2) is 42.2 Å². The molecule has 1 heterocycles.